The second-order valence-electron chi connectivity index (χ2n) is 5.07. The average molecular weight is 373 g/mol. The molecule has 0 fully saturated rings. The molecule has 0 unspecified atom stereocenters. The molecule has 0 aliphatic rings. The van der Waals surface area contributed by atoms with Gasteiger partial charge in [-0.25, -0.2) is 0 Å². The van der Waals surface area contributed by atoms with E-state index in [2.05, 4.69) is 20.5 Å². The number of halogens is 1. The molecule has 1 aromatic carbocycles. The molecule has 0 saturated carbocycles. The molecular formula is C17H13ClN4O4. The summed E-state index contributed by atoms with van der Waals surface area (Å²) in [6.07, 6.45) is 1.40. The van der Waals surface area contributed by atoms with E-state index in [1.54, 1.807) is 6.07 Å². The first kappa shape index (κ1) is 17.6. The van der Waals surface area contributed by atoms with Gasteiger partial charge in [-0.2, -0.15) is 0 Å². The minimum Gasteiger partial charge on any atom is -0.454 e. The third-order valence-electron chi connectivity index (χ3n) is 3.19. The van der Waals surface area contributed by atoms with Crippen molar-refractivity contribution in [3.05, 3.63) is 65.3 Å². The maximum atomic E-state index is 11.9. The van der Waals surface area contributed by atoms with Crippen molar-refractivity contribution in [3.63, 3.8) is 0 Å². The smallest absolute Gasteiger partial charge is 0.325 e. The first-order chi connectivity index (χ1) is 12.6. The molecule has 132 valence electrons. The van der Waals surface area contributed by atoms with Crippen LogP contribution in [0.5, 0.6) is 0 Å². The Morgan fingerprint density at radius 3 is 2.73 bits per heavy atom. The van der Waals surface area contributed by atoms with Crippen molar-refractivity contribution in [1.82, 2.24) is 20.5 Å². The van der Waals surface area contributed by atoms with Gasteiger partial charge in [0, 0.05) is 16.8 Å². The molecule has 0 spiro atoms. The highest BCUT2D eigenvalue weighted by Crippen LogP contribution is 2.17. The van der Waals surface area contributed by atoms with E-state index in [1.807, 2.05) is 30.3 Å². The second-order valence-corrected chi connectivity index (χ2v) is 5.51. The lowest BCUT2D eigenvalue weighted by Gasteiger charge is -2.04. The van der Waals surface area contributed by atoms with Gasteiger partial charge in [0.25, 0.3) is 11.8 Å². The van der Waals surface area contributed by atoms with Gasteiger partial charge in [-0.15, -0.1) is 10.2 Å². The van der Waals surface area contributed by atoms with Crippen LogP contribution in [-0.4, -0.2) is 33.6 Å². The summed E-state index contributed by atoms with van der Waals surface area (Å²) < 4.78 is 10.4. The molecule has 2 heterocycles. The summed E-state index contributed by atoms with van der Waals surface area (Å²) in [4.78, 5) is 27.4. The number of pyridine rings is 1. The van der Waals surface area contributed by atoms with Crippen molar-refractivity contribution in [2.45, 2.75) is 6.61 Å². The monoisotopic (exact) mass is 372 g/mol. The molecule has 0 aliphatic heterocycles. The van der Waals surface area contributed by atoms with Crippen LogP contribution in [0.1, 0.15) is 16.4 Å². The van der Waals surface area contributed by atoms with Gasteiger partial charge >= 0.3 is 5.97 Å². The number of hydrogen-bond donors (Lipinski definition) is 1. The van der Waals surface area contributed by atoms with Crippen LogP contribution >= 0.6 is 11.6 Å². The number of carbonyl (C=O) groups is 2. The summed E-state index contributed by atoms with van der Waals surface area (Å²) in [6, 6.07) is 12.1. The Hall–Kier alpha value is -3.26. The number of benzene rings is 1. The Bertz CT molecular complexity index is 914. The lowest BCUT2D eigenvalue weighted by molar-refractivity contribution is -0.144. The first-order valence-corrected chi connectivity index (χ1v) is 7.93. The van der Waals surface area contributed by atoms with Gasteiger partial charge in [-0.1, -0.05) is 29.8 Å². The number of aromatic nitrogens is 3. The van der Waals surface area contributed by atoms with Gasteiger partial charge in [0.15, 0.2) is 6.61 Å². The van der Waals surface area contributed by atoms with Gasteiger partial charge in [0.1, 0.15) is 12.2 Å². The third kappa shape index (κ3) is 4.64. The molecular weight excluding hydrogens is 360 g/mol. The quantitative estimate of drug-likeness (QED) is 0.661. The number of amides is 1. The fourth-order valence-corrected chi connectivity index (χ4v) is 2.13. The van der Waals surface area contributed by atoms with Crippen LogP contribution in [0.3, 0.4) is 0 Å². The number of nitrogens with one attached hydrogen (secondary N) is 1. The van der Waals surface area contributed by atoms with Crippen LogP contribution in [0.2, 0.25) is 5.02 Å². The number of carbonyl (C=O) groups excluding carboxylic acids is 2. The van der Waals surface area contributed by atoms with Crippen LogP contribution in [0.15, 0.2) is 53.1 Å². The van der Waals surface area contributed by atoms with Gasteiger partial charge in [0.05, 0.1) is 0 Å². The maximum Gasteiger partial charge on any atom is 0.325 e. The van der Waals surface area contributed by atoms with Gasteiger partial charge in [-0.3, -0.25) is 14.6 Å². The van der Waals surface area contributed by atoms with E-state index in [0.29, 0.717) is 10.9 Å². The summed E-state index contributed by atoms with van der Waals surface area (Å²) in [5, 5.41) is 10.5. The second kappa shape index (κ2) is 8.21. The minimum atomic E-state index is -0.653. The molecule has 2 aromatic heterocycles. The molecule has 0 bridgehead atoms. The zero-order valence-corrected chi connectivity index (χ0v) is 14.1. The zero-order chi connectivity index (χ0) is 18.4. The fourth-order valence-electron chi connectivity index (χ4n) is 1.97. The summed E-state index contributed by atoms with van der Waals surface area (Å²) >= 11 is 5.78. The number of nitrogens with zero attached hydrogens (tertiary/aromatic N) is 3. The zero-order valence-electron chi connectivity index (χ0n) is 13.4. The molecule has 0 radical (unpaired) electrons. The third-order valence-corrected chi connectivity index (χ3v) is 3.43. The standard InChI is InChI=1S/C17H13ClN4O4/c18-12-6-7-19-13(8-12)16(24)20-9-15(23)25-10-14-21-22-17(26-14)11-4-2-1-3-5-11/h1-8H,9-10H2,(H,20,24). The first-order valence-electron chi connectivity index (χ1n) is 7.55. The predicted molar refractivity (Wildman–Crippen MR) is 91.1 cm³/mol. The summed E-state index contributed by atoms with van der Waals surface area (Å²) in [5.74, 6) is -0.703. The van der Waals surface area contributed by atoms with E-state index in [1.165, 1.54) is 12.3 Å². The lowest BCUT2D eigenvalue weighted by atomic mass is 10.2. The Balaban J connectivity index is 1.47. The van der Waals surface area contributed by atoms with E-state index in [9.17, 15) is 9.59 Å². The highest BCUT2D eigenvalue weighted by atomic mass is 35.5. The van der Waals surface area contributed by atoms with E-state index in [4.69, 9.17) is 20.8 Å². The van der Waals surface area contributed by atoms with Crippen molar-refractivity contribution in [2.75, 3.05) is 6.54 Å². The topological polar surface area (TPSA) is 107 Å². The molecule has 9 heteroatoms. The maximum absolute atomic E-state index is 11.9. The molecule has 8 nitrogen and oxygen atoms in total. The molecule has 3 rings (SSSR count). The number of esters is 1. The van der Waals surface area contributed by atoms with Crippen LogP contribution < -0.4 is 5.32 Å². The van der Waals surface area contributed by atoms with Gasteiger partial charge < -0.3 is 14.5 Å². The average Bonchev–Trinajstić information content (AvgIpc) is 3.14. The highest BCUT2D eigenvalue weighted by Gasteiger charge is 2.13. The van der Waals surface area contributed by atoms with Crippen molar-refractivity contribution in [3.8, 4) is 11.5 Å². The Morgan fingerprint density at radius 1 is 1.15 bits per heavy atom. The largest absolute Gasteiger partial charge is 0.454 e. The summed E-state index contributed by atoms with van der Waals surface area (Å²) in [6.45, 7) is -0.517. The Morgan fingerprint density at radius 2 is 1.96 bits per heavy atom. The molecule has 26 heavy (non-hydrogen) atoms. The SMILES string of the molecule is O=C(CNC(=O)c1cc(Cl)ccn1)OCc1nnc(-c2ccccc2)o1. The molecule has 1 N–H and O–H groups in total. The van der Waals surface area contributed by atoms with Crippen molar-refractivity contribution in [2.24, 2.45) is 0 Å². The van der Waals surface area contributed by atoms with Crippen molar-refractivity contribution < 1.29 is 18.7 Å². The Labute approximate surface area is 153 Å². The van der Waals surface area contributed by atoms with E-state index in [-0.39, 0.29) is 24.7 Å². The van der Waals surface area contributed by atoms with Crippen molar-refractivity contribution >= 4 is 23.5 Å². The van der Waals surface area contributed by atoms with E-state index < -0.39 is 11.9 Å². The van der Waals surface area contributed by atoms with Crippen LogP contribution in [0.4, 0.5) is 0 Å². The Kier molecular flexibility index (Phi) is 5.55. The van der Waals surface area contributed by atoms with Gasteiger partial charge in [0.2, 0.25) is 5.89 Å². The van der Waals surface area contributed by atoms with Crippen LogP contribution in [0.25, 0.3) is 11.5 Å². The number of rotatable bonds is 6. The molecule has 0 saturated heterocycles. The fraction of sp³-hybridized carbons (Fsp3) is 0.118. The van der Waals surface area contributed by atoms with Crippen LogP contribution in [-0.2, 0) is 16.1 Å². The van der Waals surface area contributed by atoms with E-state index in [0.717, 1.165) is 5.56 Å². The summed E-state index contributed by atoms with van der Waals surface area (Å²) in [5.41, 5.74) is 0.869. The van der Waals surface area contributed by atoms with E-state index >= 15 is 0 Å². The predicted octanol–water partition coefficient (Wildman–Crippen LogP) is 2.26. The van der Waals surface area contributed by atoms with Crippen molar-refractivity contribution in [1.29, 1.82) is 0 Å². The molecule has 0 atom stereocenters. The molecule has 3 aromatic rings. The lowest BCUT2D eigenvalue weighted by Crippen LogP contribution is -2.31. The minimum absolute atomic E-state index is 0.106. The highest BCUT2D eigenvalue weighted by molar-refractivity contribution is 6.30. The van der Waals surface area contributed by atoms with Gasteiger partial charge in [-0.05, 0) is 24.3 Å². The van der Waals surface area contributed by atoms with Crippen LogP contribution in [0, 0.1) is 0 Å². The summed E-state index contributed by atoms with van der Waals surface area (Å²) in [7, 11) is 0. The number of ether oxygens (including phenoxy) is 1. The molecule has 0 aliphatic carbocycles. The molecule has 1 amide bonds. The number of hydrogen-bond acceptors (Lipinski definition) is 7. The normalized spacial score (nSPS) is 10.3.